The molecule has 36 heavy (non-hydrogen) atoms. The Morgan fingerprint density at radius 3 is 2.03 bits per heavy atom. The van der Waals surface area contributed by atoms with Crippen LogP contribution in [0.1, 0.15) is 88.6 Å². The van der Waals surface area contributed by atoms with Gasteiger partial charge in [0.15, 0.2) is 0 Å². The zero-order valence-corrected chi connectivity index (χ0v) is 24.2. The van der Waals surface area contributed by atoms with E-state index < -0.39 is 35.4 Å². The predicted octanol–water partition coefficient (Wildman–Crippen LogP) is 5.88. The monoisotopic (exact) mass is 501 g/mol. The van der Waals surface area contributed by atoms with Crippen molar-refractivity contribution >= 4 is 35.7 Å². The lowest BCUT2D eigenvalue weighted by atomic mass is 9.84. The van der Waals surface area contributed by atoms with Crippen molar-refractivity contribution in [3.8, 4) is 0 Å². The van der Waals surface area contributed by atoms with Crippen LogP contribution >= 0.6 is 0 Å². The average molecular weight is 501 g/mol. The number of rotatable bonds is 5. The fraction of sp³-hybridized carbons (Fsp3) is 0.643. The maximum atomic E-state index is 13.3. The molecular weight excluding hydrogens is 457 g/mol. The number of ether oxygens (including phenoxy) is 2. The maximum Gasteiger partial charge on any atom is 0.513 e. The fourth-order valence-corrected chi connectivity index (χ4v) is 3.95. The van der Waals surface area contributed by atoms with E-state index in [9.17, 15) is 9.59 Å². The first-order valence-electron chi connectivity index (χ1n) is 12.9. The number of fused-ring (bicyclic) bond motifs is 1. The van der Waals surface area contributed by atoms with Crippen LogP contribution < -0.4 is 5.59 Å². The van der Waals surface area contributed by atoms with Crippen molar-refractivity contribution in [2.45, 2.75) is 106 Å². The molecule has 200 valence electrons. The molecule has 1 aromatic carbocycles. The van der Waals surface area contributed by atoms with Gasteiger partial charge in [-0.25, -0.2) is 4.79 Å². The van der Waals surface area contributed by atoms with Gasteiger partial charge in [-0.3, -0.25) is 9.36 Å². The Hall–Kier alpha value is -2.32. The quantitative estimate of drug-likeness (QED) is 0.376. The van der Waals surface area contributed by atoms with E-state index in [1.165, 1.54) is 4.57 Å². The first-order valence-corrected chi connectivity index (χ1v) is 12.9. The first kappa shape index (κ1) is 29.9. The van der Waals surface area contributed by atoms with Crippen LogP contribution in [-0.2, 0) is 30.0 Å². The normalized spacial score (nSPS) is 16.9. The molecule has 1 fully saturated rings. The Bertz CT molecular complexity index is 1080. The van der Waals surface area contributed by atoms with Crippen LogP contribution in [0.15, 0.2) is 24.3 Å². The molecule has 0 radical (unpaired) electrons. The molecule has 3 rings (SSSR count). The molecule has 0 bridgehead atoms. The number of hydrogen-bond acceptors (Lipinski definition) is 6. The predicted molar refractivity (Wildman–Crippen MR) is 145 cm³/mol. The molecule has 0 N–H and O–H groups in total. The van der Waals surface area contributed by atoms with Crippen LogP contribution in [0, 0.1) is 5.41 Å². The van der Waals surface area contributed by atoms with Gasteiger partial charge in [-0.05, 0) is 99.4 Å². The number of carbonyl (C=O) groups excluding carboxylic acids is 2. The zero-order valence-electron chi connectivity index (χ0n) is 24.2. The summed E-state index contributed by atoms with van der Waals surface area (Å²) in [4.78, 5) is 25.7. The number of hydrogen-bond donors (Lipinski definition) is 0. The van der Waals surface area contributed by atoms with Crippen molar-refractivity contribution in [1.29, 1.82) is 0 Å². The first-order chi connectivity index (χ1) is 16.5. The summed E-state index contributed by atoms with van der Waals surface area (Å²) in [5.74, 6) is -0.237. The third-order valence-electron chi connectivity index (χ3n) is 6.44. The van der Waals surface area contributed by atoms with Gasteiger partial charge in [0.05, 0.1) is 34.3 Å². The van der Waals surface area contributed by atoms with Gasteiger partial charge in [0.2, 0.25) is 0 Å². The fourth-order valence-electron chi connectivity index (χ4n) is 3.95. The molecule has 0 aliphatic carbocycles. The summed E-state index contributed by atoms with van der Waals surface area (Å²) < 4.78 is 25.0. The molecular formula is C28H44BNO6. The van der Waals surface area contributed by atoms with Crippen LogP contribution in [0.3, 0.4) is 0 Å². The highest BCUT2D eigenvalue weighted by Gasteiger charge is 2.53. The van der Waals surface area contributed by atoms with E-state index in [-0.39, 0.29) is 5.97 Å². The second kappa shape index (κ2) is 10.6. The minimum absolute atomic E-state index is 0.237. The number of nitrogens with zero attached hydrogens (tertiary/aromatic N) is 1. The molecule has 1 aromatic heterocycles. The number of benzene rings is 1. The second-order valence-corrected chi connectivity index (χ2v) is 11.6. The van der Waals surface area contributed by atoms with E-state index in [4.69, 9.17) is 18.8 Å². The van der Waals surface area contributed by atoms with Crippen molar-refractivity contribution in [3.63, 3.8) is 0 Å². The Labute approximate surface area is 217 Å². The Balaban J connectivity index is 0.00000222. The largest absolute Gasteiger partial charge is 0.513 e. The third kappa shape index (κ3) is 6.32. The van der Waals surface area contributed by atoms with Crippen molar-refractivity contribution in [1.82, 2.24) is 4.57 Å². The van der Waals surface area contributed by atoms with E-state index in [0.717, 1.165) is 10.9 Å². The van der Waals surface area contributed by atoms with Crippen LogP contribution in [0.2, 0.25) is 0 Å². The standard InChI is InChI=1S/C26H38BNO6.C2H6/c1-11-31-21(29)24(5,6)16-17-12-13-19-18(14-17)15-20(28(19)22(30)32-23(2,3)4)27-33-25(7,8)26(9,10)34-27;1-2/h12-15H,11,16H2,1-10H3;1-2H3. The SMILES string of the molecule is CC.CCOC(=O)C(C)(C)Cc1ccc2c(c1)cc(B1OC(C)(C)C(C)(C)O1)n2C(=O)OC(C)(C)C. The van der Waals surface area contributed by atoms with Crippen LogP contribution in [-0.4, -0.2) is 47.2 Å². The molecule has 1 saturated heterocycles. The van der Waals surface area contributed by atoms with Crippen LogP contribution in [0.4, 0.5) is 4.79 Å². The number of esters is 1. The Morgan fingerprint density at radius 1 is 0.972 bits per heavy atom. The maximum absolute atomic E-state index is 13.3. The highest BCUT2D eigenvalue weighted by atomic mass is 16.7. The van der Waals surface area contributed by atoms with Crippen LogP contribution in [0.25, 0.3) is 10.9 Å². The van der Waals surface area contributed by atoms with Gasteiger partial charge < -0.3 is 18.8 Å². The summed E-state index contributed by atoms with van der Waals surface area (Å²) in [6.45, 7) is 23.3. The topological polar surface area (TPSA) is 76.0 Å². The van der Waals surface area contributed by atoms with Gasteiger partial charge in [-0.1, -0.05) is 19.9 Å². The summed E-state index contributed by atoms with van der Waals surface area (Å²) in [6.07, 6.45) is 0.0115. The van der Waals surface area contributed by atoms with Crippen LogP contribution in [0.5, 0.6) is 0 Å². The van der Waals surface area contributed by atoms with Crippen molar-refractivity contribution in [2.24, 2.45) is 5.41 Å². The smallest absolute Gasteiger partial charge is 0.466 e. The average Bonchev–Trinajstić information content (AvgIpc) is 3.21. The lowest BCUT2D eigenvalue weighted by Gasteiger charge is -2.32. The zero-order chi connectivity index (χ0) is 27.7. The van der Waals surface area contributed by atoms with E-state index in [1.54, 1.807) is 6.92 Å². The van der Waals surface area contributed by atoms with Crippen molar-refractivity contribution in [2.75, 3.05) is 6.61 Å². The molecule has 7 nitrogen and oxygen atoms in total. The number of carbonyl (C=O) groups is 2. The molecule has 0 atom stereocenters. The molecule has 2 heterocycles. The van der Waals surface area contributed by atoms with Crippen molar-refractivity contribution in [3.05, 3.63) is 29.8 Å². The molecule has 0 amide bonds. The van der Waals surface area contributed by atoms with Gasteiger partial charge in [0.1, 0.15) is 5.60 Å². The van der Waals surface area contributed by atoms with E-state index >= 15 is 0 Å². The molecule has 0 spiro atoms. The Morgan fingerprint density at radius 2 is 1.53 bits per heavy atom. The van der Waals surface area contributed by atoms with Gasteiger partial charge in [-0.2, -0.15) is 0 Å². The van der Waals surface area contributed by atoms with Crippen molar-refractivity contribution < 1.29 is 28.4 Å². The highest BCUT2D eigenvalue weighted by Crippen LogP contribution is 2.37. The van der Waals surface area contributed by atoms with Gasteiger partial charge in [-0.15, -0.1) is 0 Å². The lowest BCUT2D eigenvalue weighted by molar-refractivity contribution is -0.153. The van der Waals surface area contributed by atoms with E-state index in [0.29, 0.717) is 24.1 Å². The van der Waals surface area contributed by atoms with Gasteiger partial charge in [0.25, 0.3) is 0 Å². The summed E-state index contributed by atoms with van der Waals surface area (Å²) in [7, 11) is -0.732. The highest BCUT2D eigenvalue weighted by molar-refractivity contribution is 6.62. The summed E-state index contributed by atoms with van der Waals surface area (Å²) in [5, 5.41) is 0.840. The third-order valence-corrected chi connectivity index (χ3v) is 6.44. The molecule has 0 unspecified atom stereocenters. The van der Waals surface area contributed by atoms with E-state index in [2.05, 4.69) is 0 Å². The molecule has 8 heteroatoms. The van der Waals surface area contributed by atoms with Gasteiger partial charge >= 0.3 is 19.2 Å². The van der Waals surface area contributed by atoms with Gasteiger partial charge in [0, 0.05) is 5.39 Å². The lowest BCUT2D eigenvalue weighted by Crippen LogP contribution is -2.43. The Kier molecular flexibility index (Phi) is 8.79. The number of aromatic nitrogens is 1. The minimum atomic E-state index is -0.732. The second-order valence-electron chi connectivity index (χ2n) is 11.6. The van der Waals surface area contributed by atoms with E-state index in [1.807, 2.05) is 100 Å². The molecule has 2 aromatic rings. The molecule has 0 saturated carbocycles. The summed E-state index contributed by atoms with van der Waals surface area (Å²) in [5.41, 5.74) is -0.214. The molecule has 1 aliphatic rings. The minimum Gasteiger partial charge on any atom is -0.466 e. The summed E-state index contributed by atoms with van der Waals surface area (Å²) >= 11 is 0. The molecule has 1 aliphatic heterocycles. The summed E-state index contributed by atoms with van der Waals surface area (Å²) in [6, 6.07) is 7.71.